The molecule has 2 rings (SSSR count). The minimum Gasteiger partial charge on any atom is -0.309 e. The molecule has 20 heavy (non-hydrogen) atoms. The van der Waals surface area contributed by atoms with Crippen molar-refractivity contribution in [2.24, 2.45) is 0 Å². The first kappa shape index (κ1) is 16.1. The fourth-order valence-corrected chi connectivity index (χ4v) is 5.11. The van der Waals surface area contributed by atoms with Crippen molar-refractivity contribution in [3.05, 3.63) is 29.8 Å². The Kier molecular flexibility index (Phi) is 5.76. The first-order valence-electron chi connectivity index (χ1n) is 7.86. The third-order valence-corrected chi connectivity index (χ3v) is 7.63. The van der Waals surface area contributed by atoms with E-state index in [1.165, 1.54) is 31.2 Å². The topological polar surface area (TPSA) is 12.0 Å². The largest absolute Gasteiger partial charge is 0.309 e. The number of thioether (sulfide) groups is 1. The lowest BCUT2D eigenvalue weighted by Gasteiger charge is -2.31. The van der Waals surface area contributed by atoms with E-state index < -0.39 is 8.07 Å². The van der Waals surface area contributed by atoms with E-state index in [9.17, 15) is 0 Å². The molecule has 0 heterocycles. The molecular formula is C17H29NSSi. The van der Waals surface area contributed by atoms with Crippen molar-refractivity contribution in [3.8, 4) is 0 Å². The second kappa shape index (κ2) is 7.14. The predicted octanol–water partition coefficient (Wildman–Crippen LogP) is 4.00. The Bertz CT molecular complexity index is 410. The van der Waals surface area contributed by atoms with Gasteiger partial charge in [-0.05, 0) is 24.7 Å². The fraction of sp³-hybridized carbons (Fsp3) is 0.647. The number of rotatable bonds is 5. The Morgan fingerprint density at radius 1 is 1.10 bits per heavy atom. The van der Waals surface area contributed by atoms with Crippen LogP contribution in [0.3, 0.4) is 0 Å². The van der Waals surface area contributed by atoms with Gasteiger partial charge in [0.15, 0.2) is 0 Å². The number of hydrogen-bond donors (Lipinski definition) is 1. The van der Waals surface area contributed by atoms with Crippen molar-refractivity contribution < 1.29 is 0 Å². The molecule has 1 fully saturated rings. The van der Waals surface area contributed by atoms with Crippen LogP contribution in [-0.4, -0.2) is 25.6 Å². The summed E-state index contributed by atoms with van der Waals surface area (Å²) in [6.45, 7) is 8.25. The van der Waals surface area contributed by atoms with Gasteiger partial charge in [-0.2, -0.15) is 11.8 Å². The molecule has 1 aromatic carbocycles. The highest BCUT2D eigenvalue weighted by atomic mass is 32.2. The van der Waals surface area contributed by atoms with Crippen LogP contribution < -0.4 is 10.5 Å². The van der Waals surface area contributed by atoms with E-state index in [0.717, 1.165) is 11.8 Å². The van der Waals surface area contributed by atoms with Crippen LogP contribution in [0, 0.1) is 0 Å². The Balaban J connectivity index is 1.90. The SMILES string of the molecule is CSC1CCCCC1NCc1ccc([Si](C)(C)C)cc1. The maximum absolute atomic E-state index is 3.79. The number of benzene rings is 1. The van der Waals surface area contributed by atoms with Crippen LogP contribution in [0.25, 0.3) is 0 Å². The normalized spacial score (nSPS) is 23.8. The standard InChI is InChI=1S/C17H29NSSi/c1-19-17-8-6-5-7-16(17)18-13-14-9-11-15(12-10-14)20(2,3)4/h9-12,16-18H,5-8,13H2,1-4H3. The van der Waals surface area contributed by atoms with Gasteiger partial charge in [-0.15, -0.1) is 0 Å². The van der Waals surface area contributed by atoms with Crippen LogP contribution in [0.5, 0.6) is 0 Å². The molecule has 1 aromatic rings. The Hall–Kier alpha value is -0.253. The summed E-state index contributed by atoms with van der Waals surface area (Å²) in [6.07, 6.45) is 7.79. The molecule has 0 spiro atoms. The summed E-state index contributed by atoms with van der Waals surface area (Å²) >= 11 is 2.04. The number of hydrogen-bond acceptors (Lipinski definition) is 2. The molecule has 0 aromatic heterocycles. The molecule has 1 N–H and O–H groups in total. The smallest absolute Gasteiger partial charge is 0.0775 e. The van der Waals surface area contributed by atoms with Crippen LogP contribution >= 0.6 is 11.8 Å². The van der Waals surface area contributed by atoms with Crippen molar-refractivity contribution >= 4 is 25.0 Å². The van der Waals surface area contributed by atoms with Crippen molar-refractivity contribution in [3.63, 3.8) is 0 Å². The molecule has 2 unspecified atom stereocenters. The molecule has 1 saturated carbocycles. The second-order valence-corrected chi connectivity index (χ2v) is 13.1. The van der Waals surface area contributed by atoms with Gasteiger partial charge in [0, 0.05) is 17.8 Å². The van der Waals surface area contributed by atoms with E-state index in [4.69, 9.17) is 0 Å². The third kappa shape index (κ3) is 4.37. The zero-order chi connectivity index (χ0) is 14.6. The van der Waals surface area contributed by atoms with Gasteiger partial charge in [-0.3, -0.25) is 0 Å². The second-order valence-electron chi connectivity index (χ2n) is 6.99. The highest BCUT2D eigenvalue weighted by molar-refractivity contribution is 7.99. The minimum absolute atomic E-state index is 0.704. The molecule has 1 aliphatic rings. The minimum atomic E-state index is -1.15. The maximum atomic E-state index is 3.79. The third-order valence-electron chi connectivity index (χ3n) is 4.39. The molecule has 0 amide bonds. The highest BCUT2D eigenvalue weighted by Gasteiger charge is 2.23. The monoisotopic (exact) mass is 307 g/mol. The average Bonchev–Trinajstić information content (AvgIpc) is 2.45. The van der Waals surface area contributed by atoms with Gasteiger partial charge in [0.25, 0.3) is 0 Å². The van der Waals surface area contributed by atoms with Crippen LogP contribution in [0.1, 0.15) is 31.2 Å². The van der Waals surface area contributed by atoms with Crippen molar-refractivity contribution in [2.45, 2.75) is 63.2 Å². The van der Waals surface area contributed by atoms with E-state index in [-0.39, 0.29) is 0 Å². The molecule has 1 nitrogen and oxygen atoms in total. The molecule has 1 aliphatic carbocycles. The van der Waals surface area contributed by atoms with Crippen LogP contribution in [-0.2, 0) is 6.54 Å². The molecular weight excluding hydrogens is 278 g/mol. The first-order chi connectivity index (χ1) is 9.50. The summed E-state index contributed by atoms with van der Waals surface area (Å²) in [5.41, 5.74) is 1.43. The maximum Gasteiger partial charge on any atom is 0.0775 e. The van der Waals surface area contributed by atoms with Gasteiger partial charge in [-0.1, -0.05) is 61.9 Å². The summed E-state index contributed by atoms with van der Waals surface area (Å²) in [5.74, 6) is 0. The zero-order valence-corrected chi connectivity index (χ0v) is 15.2. The fourth-order valence-electron chi connectivity index (χ4n) is 2.98. The lowest BCUT2D eigenvalue weighted by molar-refractivity contribution is 0.383. The van der Waals surface area contributed by atoms with E-state index in [2.05, 4.69) is 55.5 Å². The molecule has 112 valence electrons. The summed E-state index contributed by atoms with van der Waals surface area (Å²) in [7, 11) is -1.15. The van der Waals surface area contributed by atoms with Gasteiger partial charge >= 0.3 is 0 Å². The van der Waals surface area contributed by atoms with E-state index in [0.29, 0.717) is 6.04 Å². The van der Waals surface area contributed by atoms with Crippen molar-refractivity contribution in [2.75, 3.05) is 6.26 Å². The Morgan fingerprint density at radius 3 is 2.35 bits per heavy atom. The Labute approximate surface area is 129 Å². The van der Waals surface area contributed by atoms with Crippen LogP contribution in [0.15, 0.2) is 24.3 Å². The van der Waals surface area contributed by atoms with E-state index in [1.54, 1.807) is 5.19 Å². The average molecular weight is 308 g/mol. The molecule has 0 bridgehead atoms. The molecule has 0 radical (unpaired) electrons. The lowest BCUT2D eigenvalue weighted by atomic mass is 9.94. The van der Waals surface area contributed by atoms with Gasteiger partial charge in [-0.25, -0.2) is 0 Å². The predicted molar refractivity (Wildman–Crippen MR) is 95.8 cm³/mol. The van der Waals surface area contributed by atoms with Gasteiger partial charge in [0.1, 0.15) is 0 Å². The summed E-state index contributed by atoms with van der Waals surface area (Å²) in [6, 6.07) is 10.0. The summed E-state index contributed by atoms with van der Waals surface area (Å²) in [4.78, 5) is 0. The lowest BCUT2D eigenvalue weighted by Crippen LogP contribution is -2.40. The van der Waals surface area contributed by atoms with Gasteiger partial charge < -0.3 is 5.32 Å². The summed E-state index contributed by atoms with van der Waals surface area (Å²) < 4.78 is 0. The van der Waals surface area contributed by atoms with E-state index >= 15 is 0 Å². The van der Waals surface area contributed by atoms with E-state index in [1.807, 2.05) is 11.8 Å². The molecule has 2 atom stereocenters. The summed E-state index contributed by atoms with van der Waals surface area (Å²) in [5, 5.41) is 6.15. The molecule has 0 aliphatic heterocycles. The first-order valence-corrected chi connectivity index (χ1v) is 12.6. The Morgan fingerprint density at radius 2 is 1.75 bits per heavy atom. The van der Waals surface area contributed by atoms with Crippen LogP contribution in [0.2, 0.25) is 19.6 Å². The quantitative estimate of drug-likeness (QED) is 0.825. The molecule has 0 saturated heterocycles. The number of nitrogens with one attached hydrogen (secondary N) is 1. The molecule has 3 heteroatoms. The van der Waals surface area contributed by atoms with Gasteiger partial charge in [0.05, 0.1) is 8.07 Å². The van der Waals surface area contributed by atoms with Gasteiger partial charge in [0.2, 0.25) is 0 Å². The van der Waals surface area contributed by atoms with Crippen LogP contribution in [0.4, 0.5) is 0 Å². The highest BCUT2D eigenvalue weighted by Crippen LogP contribution is 2.27. The van der Waals surface area contributed by atoms with Crippen molar-refractivity contribution in [1.29, 1.82) is 0 Å². The zero-order valence-electron chi connectivity index (χ0n) is 13.4. The van der Waals surface area contributed by atoms with Crippen molar-refractivity contribution in [1.82, 2.24) is 5.32 Å².